The van der Waals surface area contributed by atoms with E-state index >= 15 is 0 Å². The van der Waals surface area contributed by atoms with Crippen LogP contribution in [0.3, 0.4) is 0 Å². The summed E-state index contributed by atoms with van der Waals surface area (Å²) in [5, 5.41) is 6.60. The second kappa shape index (κ2) is 6.57. The van der Waals surface area contributed by atoms with Gasteiger partial charge in [-0.3, -0.25) is 9.48 Å². The van der Waals surface area contributed by atoms with Crippen molar-refractivity contribution < 1.29 is 13.6 Å². The van der Waals surface area contributed by atoms with Crippen LogP contribution in [0.25, 0.3) is 0 Å². The van der Waals surface area contributed by atoms with Gasteiger partial charge in [0.05, 0.1) is 11.4 Å². The maximum Gasteiger partial charge on any atom is 0.288 e. The number of carbonyl (C=O) groups excluding carboxylic acids is 1. The normalized spacial score (nSPS) is 10.9. The highest BCUT2D eigenvalue weighted by atomic mass is 32.2. The fourth-order valence-corrected chi connectivity index (χ4v) is 2.32. The van der Waals surface area contributed by atoms with Crippen molar-refractivity contribution in [2.24, 2.45) is 0 Å². The highest BCUT2D eigenvalue weighted by Gasteiger charge is 2.17. The minimum absolute atomic E-state index is 0.0775. The van der Waals surface area contributed by atoms with E-state index in [-0.39, 0.29) is 16.3 Å². The zero-order chi connectivity index (χ0) is 15.4. The topological polar surface area (TPSA) is 72.9 Å². The number of hydrogen-bond acceptors (Lipinski definition) is 4. The molecule has 2 aromatic rings. The first-order chi connectivity index (χ1) is 10.0. The molecule has 0 radical (unpaired) electrons. The van der Waals surface area contributed by atoms with Crippen LogP contribution in [0.5, 0.6) is 0 Å². The smallest absolute Gasteiger partial charge is 0.288 e. The number of aryl methyl sites for hydroxylation is 1. The van der Waals surface area contributed by atoms with Gasteiger partial charge in [0.2, 0.25) is 0 Å². The van der Waals surface area contributed by atoms with Crippen LogP contribution in [0, 0.1) is 0 Å². The third-order valence-corrected chi connectivity index (χ3v) is 3.47. The summed E-state index contributed by atoms with van der Waals surface area (Å²) in [7, 11) is 0. The molecule has 0 aliphatic heterocycles. The van der Waals surface area contributed by atoms with Gasteiger partial charge < -0.3 is 11.1 Å². The van der Waals surface area contributed by atoms with Crippen LogP contribution < -0.4 is 11.1 Å². The lowest BCUT2D eigenvalue weighted by atomic mass is 10.3. The van der Waals surface area contributed by atoms with E-state index in [1.807, 2.05) is 6.92 Å². The average molecular weight is 312 g/mol. The van der Waals surface area contributed by atoms with E-state index in [1.165, 1.54) is 10.7 Å². The molecule has 0 fully saturated rings. The molecule has 0 saturated heterocycles. The maximum absolute atomic E-state index is 12.5. The SMILES string of the molecule is CCn1cc(N)c(C(=O)Nc2ccccc2SC(F)F)n1. The summed E-state index contributed by atoms with van der Waals surface area (Å²) < 4.78 is 26.5. The Kier molecular flexibility index (Phi) is 4.79. The summed E-state index contributed by atoms with van der Waals surface area (Å²) >= 11 is 0.371. The van der Waals surface area contributed by atoms with E-state index < -0.39 is 11.7 Å². The Morgan fingerprint density at radius 1 is 1.48 bits per heavy atom. The molecule has 0 saturated carbocycles. The number of anilines is 2. The number of thioether (sulfide) groups is 1. The fraction of sp³-hybridized carbons (Fsp3) is 0.231. The van der Waals surface area contributed by atoms with E-state index in [0.717, 1.165) is 0 Å². The predicted molar refractivity (Wildman–Crippen MR) is 78.6 cm³/mol. The van der Waals surface area contributed by atoms with Crippen LogP contribution in [0.1, 0.15) is 17.4 Å². The summed E-state index contributed by atoms with van der Waals surface area (Å²) in [4.78, 5) is 12.4. The Morgan fingerprint density at radius 2 is 2.19 bits per heavy atom. The Morgan fingerprint density at radius 3 is 2.81 bits per heavy atom. The van der Waals surface area contributed by atoms with Gasteiger partial charge in [-0.05, 0) is 19.1 Å². The number of rotatable bonds is 5. The molecule has 0 spiro atoms. The molecular formula is C13H14F2N4OS. The standard InChI is InChI=1S/C13H14F2N4OS/c1-2-19-7-8(16)11(18-19)12(20)17-9-5-3-4-6-10(9)21-13(14)15/h3-7,13H,2,16H2,1H3,(H,17,20). The number of halogens is 2. The Labute approximate surface area is 124 Å². The van der Waals surface area contributed by atoms with Crippen LogP contribution in [-0.4, -0.2) is 21.4 Å². The van der Waals surface area contributed by atoms with Crippen molar-refractivity contribution in [3.05, 3.63) is 36.2 Å². The van der Waals surface area contributed by atoms with Gasteiger partial charge in [-0.1, -0.05) is 23.9 Å². The van der Waals surface area contributed by atoms with E-state index in [2.05, 4.69) is 10.4 Å². The number of amides is 1. The van der Waals surface area contributed by atoms with Gasteiger partial charge in [0.25, 0.3) is 11.7 Å². The first-order valence-corrected chi connectivity index (χ1v) is 7.07. The number of benzene rings is 1. The number of aromatic nitrogens is 2. The second-order valence-corrected chi connectivity index (χ2v) is 5.15. The highest BCUT2D eigenvalue weighted by Crippen LogP contribution is 2.31. The van der Waals surface area contributed by atoms with Crippen LogP contribution >= 0.6 is 11.8 Å². The second-order valence-electron chi connectivity index (χ2n) is 4.12. The molecular weight excluding hydrogens is 298 g/mol. The molecule has 1 amide bonds. The molecule has 0 aliphatic carbocycles. The van der Waals surface area contributed by atoms with Crippen molar-refractivity contribution in [1.29, 1.82) is 0 Å². The van der Waals surface area contributed by atoms with Gasteiger partial charge in [0.15, 0.2) is 5.69 Å². The summed E-state index contributed by atoms with van der Waals surface area (Å²) in [6.07, 6.45) is 1.55. The lowest BCUT2D eigenvalue weighted by Gasteiger charge is -2.09. The lowest BCUT2D eigenvalue weighted by molar-refractivity contribution is 0.102. The molecule has 2 rings (SSSR count). The summed E-state index contributed by atoms with van der Waals surface area (Å²) in [6, 6.07) is 6.34. The molecule has 3 N–H and O–H groups in total. The number of nitrogen functional groups attached to an aromatic ring is 1. The largest absolute Gasteiger partial charge is 0.396 e. The third kappa shape index (κ3) is 3.72. The maximum atomic E-state index is 12.5. The van der Waals surface area contributed by atoms with Crippen molar-refractivity contribution in [3.63, 3.8) is 0 Å². The first kappa shape index (κ1) is 15.3. The molecule has 112 valence electrons. The highest BCUT2D eigenvalue weighted by molar-refractivity contribution is 7.99. The predicted octanol–water partition coefficient (Wildman–Crippen LogP) is 3.05. The van der Waals surface area contributed by atoms with Gasteiger partial charge in [0, 0.05) is 17.6 Å². The van der Waals surface area contributed by atoms with Crippen molar-refractivity contribution in [2.45, 2.75) is 24.1 Å². The molecule has 8 heteroatoms. The van der Waals surface area contributed by atoms with Crippen LogP contribution in [0.4, 0.5) is 20.2 Å². The van der Waals surface area contributed by atoms with Crippen LogP contribution in [-0.2, 0) is 6.54 Å². The lowest BCUT2D eigenvalue weighted by Crippen LogP contribution is -2.15. The van der Waals surface area contributed by atoms with E-state index in [9.17, 15) is 13.6 Å². The number of nitrogens with zero attached hydrogens (tertiary/aromatic N) is 2. The quantitative estimate of drug-likeness (QED) is 0.832. The minimum atomic E-state index is -2.56. The van der Waals surface area contributed by atoms with Crippen molar-refractivity contribution in [3.8, 4) is 0 Å². The van der Waals surface area contributed by atoms with E-state index in [4.69, 9.17) is 5.73 Å². The number of nitrogens with one attached hydrogen (secondary N) is 1. The number of para-hydroxylation sites is 1. The van der Waals surface area contributed by atoms with Crippen molar-refractivity contribution in [1.82, 2.24) is 9.78 Å². The number of carbonyl (C=O) groups is 1. The van der Waals surface area contributed by atoms with Gasteiger partial charge >= 0.3 is 0 Å². The van der Waals surface area contributed by atoms with Crippen molar-refractivity contribution in [2.75, 3.05) is 11.1 Å². The molecule has 0 aliphatic rings. The Bertz CT molecular complexity index is 645. The van der Waals surface area contributed by atoms with Gasteiger partial charge in [-0.2, -0.15) is 13.9 Å². The first-order valence-electron chi connectivity index (χ1n) is 6.19. The Balaban J connectivity index is 2.21. The number of nitrogens with two attached hydrogens (primary N) is 1. The average Bonchev–Trinajstić information content (AvgIpc) is 2.82. The molecule has 0 atom stereocenters. The molecule has 21 heavy (non-hydrogen) atoms. The Hall–Kier alpha value is -2.09. The summed E-state index contributed by atoms with van der Waals surface area (Å²) in [5.41, 5.74) is 6.35. The minimum Gasteiger partial charge on any atom is -0.396 e. The van der Waals surface area contributed by atoms with Crippen LogP contribution in [0.15, 0.2) is 35.4 Å². The number of alkyl halides is 2. The van der Waals surface area contributed by atoms with E-state index in [0.29, 0.717) is 24.0 Å². The molecule has 1 aromatic heterocycles. The van der Waals surface area contributed by atoms with Crippen LogP contribution in [0.2, 0.25) is 0 Å². The van der Waals surface area contributed by atoms with E-state index in [1.54, 1.807) is 24.4 Å². The molecule has 5 nitrogen and oxygen atoms in total. The van der Waals surface area contributed by atoms with Crippen molar-refractivity contribution >= 4 is 29.0 Å². The fourth-order valence-electron chi connectivity index (χ4n) is 1.73. The number of hydrogen-bond donors (Lipinski definition) is 2. The van der Waals surface area contributed by atoms with Gasteiger partial charge in [0.1, 0.15) is 0 Å². The third-order valence-electron chi connectivity index (χ3n) is 2.68. The molecule has 0 bridgehead atoms. The zero-order valence-corrected chi connectivity index (χ0v) is 12.0. The summed E-state index contributed by atoms with van der Waals surface area (Å²) in [5.74, 6) is -3.09. The molecule has 1 aromatic carbocycles. The molecule has 0 unspecified atom stereocenters. The molecule has 1 heterocycles. The summed E-state index contributed by atoms with van der Waals surface area (Å²) in [6.45, 7) is 2.44. The zero-order valence-electron chi connectivity index (χ0n) is 11.2. The monoisotopic (exact) mass is 312 g/mol. The van der Waals surface area contributed by atoms with Gasteiger partial charge in [-0.15, -0.1) is 0 Å². The van der Waals surface area contributed by atoms with Gasteiger partial charge in [-0.25, -0.2) is 0 Å².